The van der Waals surface area contributed by atoms with E-state index in [2.05, 4.69) is 9.88 Å². The Morgan fingerprint density at radius 2 is 2.00 bits per heavy atom. The molecule has 2 fully saturated rings. The monoisotopic (exact) mass is 332 g/mol. The van der Waals surface area contributed by atoms with E-state index in [0.717, 1.165) is 24.2 Å². The lowest BCUT2D eigenvalue weighted by Gasteiger charge is -2.34. The molecule has 1 saturated carbocycles. The molecule has 1 aliphatic carbocycles. The highest BCUT2D eigenvalue weighted by atomic mass is 32.2. The summed E-state index contributed by atoms with van der Waals surface area (Å²) < 4.78 is 29.7. The fraction of sp³-hybridized carbons (Fsp3) is 0.471. The molecule has 6 heteroatoms. The van der Waals surface area contributed by atoms with Crippen molar-refractivity contribution < 1.29 is 12.8 Å². The summed E-state index contributed by atoms with van der Waals surface area (Å²) in [5.41, 5.74) is 0.957. The summed E-state index contributed by atoms with van der Waals surface area (Å²) >= 11 is 0. The van der Waals surface area contributed by atoms with Crippen molar-refractivity contribution in [2.45, 2.75) is 25.4 Å². The van der Waals surface area contributed by atoms with E-state index in [0.29, 0.717) is 24.9 Å². The van der Waals surface area contributed by atoms with Crippen LogP contribution in [-0.4, -0.2) is 42.4 Å². The highest BCUT2D eigenvalue weighted by Crippen LogP contribution is 2.38. The van der Waals surface area contributed by atoms with Gasteiger partial charge in [0.15, 0.2) is 9.84 Å². The molecule has 1 unspecified atom stereocenters. The first-order chi connectivity index (χ1) is 11.1. The van der Waals surface area contributed by atoms with Crippen molar-refractivity contribution in [3.63, 3.8) is 0 Å². The smallest absolute Gasteiger partial charge is 0.226 e. The predicted octanol–water partition coefficient (Wildman–Crippen LogP) is 2.35. The molecule has 0 amide bonds. The number of nitrogens with zero attached hydrogens (tertiary/aromatic N) is 2. The summed E-state index contributed by atoms with van der Waals surface area (Å²) in [6.07, 6.45) is 4.04. The van der Waals surface area contributed by atoms with Crippen LogP contribution >= 0.6 is 0 Å². The second-order valence-electron chi connectivity index (χ2n) is 6.49. The van der Waals surface area contributed by atoms with Crippen LogP contribution in [0.3, 0.4) is 0 Å². The molecule has 0 N–H and O–H groups in total. The van der Waals surface area contributed by atoms with E-state index in [9.17, 15) is 8.42 Å². The quantitative estimate of drug-likeness (QED) is 0.860. The van der Waals surface area contributed by atoms with Gasteiger partial charge in [0.05, 0.1) is 24.2 Å². The topological polar surface area (TPSA) is 63.4 Å². The van der Waals surface area contributed by atoms with E-state index in [1.807, 2.05) is 30.3 Å². The molecule has 2 heterocycles. The number of hydrogen-bond donors (Lipinski definition) is 0. The normalized spacial score (nSPS) is 24.6. The second kappa shape index (κ2) is 5.76. The third-order valence-corrected chi connectivity index (χ3v) is 6.34. The van der Waals surface area contributed by atoms with E-state index in [4.69, 9.17) is 4.42 Å². The molecule has 122 valence electrons. The summed E-state index contributed by atoms with van der Waals surface area (Å²) in [6, 6.07) is 9.95. The maximum atomic E-state index is 11.9. The molecule has 2 aromatic rings. The second-order valence-corrected chi connectivity index (χ2v) is 8.72. The van der Waals surface area contributed by atoms with Crippen molar-refractivity contribution in [2.75, 3.05) is 18.1 Å². The van der Waals surface area contributed by atoms with Crippen LogP contribution in [0, 0.1) is 5.92 Å². The Morgan fingerprint density at radius 3 is 2.74 bits per heavy atom. The Hall–Kier alpha value is -1.66. The van der Waals surface area contributed by atoms with Crippen molar-refractivity contribution >= 4 is 9.84 Å². The van der Waals surface area contributed by atoms with Gasteiger partial charge < -0.3 is 4.42 Å². The van der Waals surface area contributed by atoms with Gasteiger partial charge in [0.25, 0.3) is 0 Å². The molecule has 23 heavy (non-hydrogen) atoms. The number of hydrogen-bond acceptors (Lipinski definition) is 5. The van der Waals surface area contributed by atoms with Crippen LogP contribution in [0.15, 0.2) is 40.9 Å². The summed E-state index contributed by atoms with van der Waals surface area (Å²) in [5.74, 6) is 2.48. The molecule has 1 aromatic carbocycles. The van der Waals surface area contributed by atoms with E-state index in [1.54, 1.807) is 6.20 Å². The molecular formula is C17H20N2O3S. The van der Waals surface area contributed by atoms with Crippen molar-refractivity contribution in [2.24, 2.45) is 5.92 Å². The van der Waals surface area contributed by atoms with Gasteiger partial charge in [-0.05, 0) is 30.9 Å². The zero-order valence-corrected chi connectivity index (χ0v) is 13.7. The number of aromatic nitrogens is 1. The first-order valence-electron chi connectivity index (χ1n) is 8.05. The van der Waals surface area contributed by atoms with Crippen LogP contribution in [0.5, 0.6) is 0 Å². The van der Waals surface area contributed by atoms with Gasteiger partial charge in [-0.2, -0.15) is 0 Å². The molecule has 0 radical (unpaired) electrons. The molecule has 1 aromatic heterocycles. The van der Waals surface area contributed by atoms with E-state index >= 15 is 0 Å². The van der Waals surface area contributed by atoms with Gasteiger partial charge in [0.2, 0.25) is 5.89 Å². The minimum absolute atomic E-state index is 0.138. The van der Waals surface area contributed by atoms with Gasteiger partial charge in [-0.1, -0.05) is 18.2 Å². The van der Waals surface area contributed by atoms with Gasteiger partial charge >= 0.3 is 0 Å². The fourth-order valence-corrected chi connectivity index (χ4v) is 4.96. The van der Waals surface area contributed by atoms with Gasteiger partial charge in [-0.25, -0.2) is 13.4 Å². The minimum Gasteiger partial charge on any atom is -0.440 e. The molecule has 2 aliphatic rings. The average molecular weight is 332 g/mol. The lowest BCUT2D eigenvalue weighted by Crippen LogP contribution is -2.49. The number of rotatable bonds is 4. The Kier molecular flexibility index (Phi) is 3.73. The van der Waals surface area contributed by atoms with Crippen molar-refractivity contribution in [1.29, 1.82) is 0 Å². The number of benzene rings is 1. The first kappa shape index (κ1) is 14.9. The molecular weight excluding hydrogens is 312 g/mol. The summed E-state index contributed by atoms with van der Waals surface area (Å²) in [7, 11) is -2.89. The largest absolute Gasteiger partial charge is 0.440 e. The third-order valence-electron chi connectivity index (χ3n) is 4.68. The Labute approximate surface area is 136 Å². The number of oxazole rings is 1. The highest BCUT2D eigenvalue weighted by Gasteiger charge is 2.41. The molecule has 1 saturated heterocycles. The SMILES string of the molecule is O=S1(=O)CCN(Cc2cnc(-c3ccccc3)o2)C(C2CC2)C1. The highest BCUT2D eigenvalue weighted by molar-refractivity contribution is 7.91. The minimum atomic E-state index is -2.89. The predicted molar refractivity (Wildman–Crippen MR) is 87.5 cm³/mol. The lowest BCUT2D eigenvalue weighted by molar-refractivity contribution is 0.172. The maximum absolute atomic E-state index is 11.9. The van der Waals surface area contributed by atoms with Crippen molar-refractivity contribution in [3.05, 3.63) is 42.3 Å². The fourth-order valence-electron chi connectivity index (χ4n) is 3.28. The molecule has 1 atom stereocenters. The zero-order chi connectivity index (χ0) is 15.9. The molecule has 5 nitrogen and oxygen atoms in total. The Balaban J connectivity index is 1.50. The molecule has 0 spiro atoms. The van der Waals surface area contributed by atoms with Crippen LogP contribution in [0.1, 0.15) is 18.6 Å². The summed E-state index contributed by atoms with van der Waals surface area (Å²) in [4.78, 5) is 6.61. The molecule has 0 bridgehead atoms. The first-order valence-corrected chi connectivity index (χ1v) is 9.87. The van der Waals surface area contributed by atoms with E-state index in [-0.39, 0.29) is 17.5 Å². The average Bonchev–Trinajstić information content (AvgIpc) is 3.29. The third kappa shape index (κ3) is 3.33. The zero-order valence-electron chi connectivity index (χ0n) is 12.9. The van der Waals surface area contributed by atoms with Crippen LogP contribution in [-0.2, 0) is 16.4 Å². The van der Waals surface area contributed by atoms with Gasteiger partial charge in [-0.3, -0.25) is 4.90 Å². The molecule has 4 rings (SSSR count). The Morgan fingerprint density at radius 1 is 1.22 bits per heavy atom. The maximum Gasteiger partial charge on any atom is 0.226 e. The van der Waals surface area contributed by atoms with Crippen LogP contribution in [0.2, 0.25) is 0 Å². The van der Waals surface area contributed by atoms with Crippen molar-refractivity contribution in [3.8, 4) is 11.5 Å². The van der Waals surface area contributed by atoms with Crippen LogP contribution in [0.25, 0.3) is 11.5 Å². The lowest BCUT2D eigenvalue weighted by atomic mass is 10.1. The van der Waals surface area contributed by atoms with Gasteiger partial charge in [-0.15, -0.1) is 0 Å². The van der Waals surface area contributed by atoms with Gasteiger partial charge in [0.1, 0.15) is 5.76 Å². The Bertz CT molecular complexity index is 781. The summed E-state index contributed by atoms with van der Waals surface area (Å²) in [5, 5.41) is 0. The standard InChI is InChI=1S/C17H20N2O3S/c20-23(21)9-8-19(16(12-23)13-6-7-13)11-15-10-18-17(22-15)14-4-2-1-3-5-14/h1-5,10,13,16H,6-9,11-12H2. The summed E-state index contributed by atoms with van der Waals surface area (Å²) in [6.45, 7) is 1.22. The van der Waals surface area contributed by atoms with Crippen molar-refractivity contribution in [1.82, 2.24) is 9.88 Å². The van der Waals surface area contributed by atoms with Crippen LogP contribution < -0.4 is 0 Å². The van der Waals surface area contributed by atoms with E-state index < -0.39 is 9.84 Å². The molecule has 1 aliphatic heterocycles. The van der Waals surface area contributed by atoms with Crippen LogP contribution in [0.4, 0.5) is 0 Å². The van der Waals surface area contributed by atoms with E-state index in [1.165, 1.54) is 0 Å². The number of sulfone groups is 1. The van der Waals surface area contributed by atoms with Gasteiger partial charge in [0, 0.05) is 18.2 Å².